The van der Waals surface area contributed by atoms with Gasteiger partial charge in [-0.2, -0.15) is 0 Å². The Kier molecular flexibility index (Phi) is 3.27. The minimum atomic E-state index is 0.325. The Morgan fingerprint density at radius 3 is 2.86 bits per heavy atom. The van der Waals surface area contributed by atoms with Gasteiger partial charge in [0.2, 0.25) is 0 Å². The zero-order chi connectivity index (χ0) is 10.6. The van der Waals surface area contributed by atoms with Crippen molar-refractivity contribution in [3.05, 3.63) is 5.69 Å². The molecule has 1 aromatic heterocycles. The molecule has 78 valence electrons. The molecule has 0 atom stereocenters. The van der Waals surface area contributed by atoms with Crippen molar-refractivity contribution in [3.63, 3.8) is 0 Å². The standard InChI is InChI=1S/C7H15N7/c1-3-4-11-6(8)5-7(9)14(10-2)13-12-5/h10H,3-4,9H2,1-2H3,(H2,8,11). The molecule has 14 heavy (non-hydrogen) atoms. The van der Waals surface area contributed by atoms with E-state index in [1.54, 1.807) is 7.05 Å². The minimum Gasteiger partial charge on any atom is -0.382 e. The zero-order valence-electron chi connectivity index (χ0n) is 8.36. The van der Waals surface area contributed by atoms with Crippen LogP contribution in [0.2, 0.25) is 0 Å². The van der Waals surface area contributed by atoms with Gasteiger partial charge in [-0.05, 0) is 11.6 Å². The van der Waals surface area contributed by atoms with E-state index in [4.69, 9.17) is 11.5 Å². The van der Waals surface area contributed by atoms with Crippen LogP contribution < -0.4 is 16.9 Å². The molecule has 1 rings (SSSR count). The lowest BCUT2D eigenvalue weighted by Crippen LogP contribution is -2.18. The summed E-state index contributed by atoms with van der Waals surface area (Å²) in [5.74, 6) is 0.690. The molecule has 0 unspecified atom stereocenters. The lowest BCUT2D eigenvalue weighted by molar-refractivity contribution is 0.735. The molecule has 0 aromatic carbocycles. The van der Waals surface area contributed by atoms with Crippen molar-refractivity contribution in [2.45, 2.75) is 13.3 Å². The molecule has 0 bridgehead atoms. The molecule has 0 aliphatic rings. The summed E-state index contributed by atoms with van der Waals surface area (Å²) in [5, 5.41) is 7.54. The normalized spacial score (nSPS) is 11.7. The second kappa shape index (κ2) is 4.45. The van der Waals surface area contributed by atoms with E-state index in [1.807, 2.05) is 6.92 Å². The molecular weight excluding hydrogens is 182 g/mol. The molecule has 5 N–H and O–H groups in total. The fourth-order valence-corrected chi connectivity index (χ4v) is 0.944. The van der Waals surface area contributed by atoms with E-state index in [0.717, 1.165) is 6.42 Å². The van der Waals surface area contributed by atoms with Crippen LogP contribution in [0.5, 0.6) is 0 Å². The molecule has 1 aromatic rings. The molecule has 7 nitrogen and oxygen atoms in total. The van der Waals surface area contributed by atoms with Gasteiger partial charge in [0.05, 0.1) is 0 Å². The van der Waals surface area contributed by atoms with Gasteiger partial charge < -0.3 is 16.9 Å². The quantitative estimate of drug-likeness (QED) is 0.430. The van der Waals surface area contributed by atoms with Gasteiger partial charge in [-0.25, -0.2) is 0 Å². The number of nitrogens with zero attached hydrogens (tertiary/aromatic N) is 4. The molecular formula is C7H15N7. The molecule has 0 saturated carbocycles. The minimum absolute atomic E-state index is 0.325. The van der Waals surface area contributed by atoms with Crippen LogP contribution in [0.4, 0.5) is 5.82 Å². The summed E-state index contributed by atoms with van der Waals surface area (Å²) in [7, 11) is 1.69. The largest absolute Gasteiger partial charge is 0.382 e. The molecule has 0 aliphatic heterocycles. The Morgan fingerprint density at radius 1 is 1.64 bits per heavy atom. The topological polar surface area (TPSA) is 107 Å². The average molecular weight is 197 g/mol. The van der Waals surface area contributed by atoms with E-state index in [-0.39, 0.29) is 0 Å². The monoisotopic (exact) mass is 197 g/mol. The number of anilines is 1. The summed E-state index contributed by atoms with van der Waals surface area (Å²) in [4.78, 5) is 5.43. The summed E-state index contributed by atoms with van der Waals surface area (Å²) < 4.78 is 0. The van der Waals surface area contributed by atoms with Crippen molar-refractivity contribution < 1.29 is 0 Å². The maximum Gasteiger partial charge on any atom is 0.176 e. The summed E-state index contributed by atoms with van der Waals surface area (Å²) >= 11 is 0. The molecule has 0 saturated heterocycles. The second-order valence-corrected chi connectivity index (χ2v) is 2.73. The summed E-state index contributed by atoms with van der Waals surface area (Å²) in [6.07, 6.45) is 0.931. The van der Waals surface area contributed by atoms with Gasteiger partial charge in [0.1, 0.15) is 0 Å². The van der Waals surface area contributed by atoms with Gasteiger partial charge in [-0.1, -0.05) is 6.92 Å². The lowest BCUT2D eigenvalue weighted by atomic mass is 10.4. The van der Waals surface area contributed by atoms with Crippen molar-refractivity contribution in [1.29, 1.82) is 0 Å². The van der Waals surface area contributed by atoms with Crippen LogP contribution in [0.15, 0.2) is 4.99 Å². The van der Waals surface area contributed by atoms with Gasteiger partial charge >= 0.3 is 0 Å². The molecule has 7 heteroatoms. The van der Waals surface area contributed by atoms with Gasteiger partial charge in [0, 0.05) is 13.6 Å². The van der Waals surface area contributed by atoms with E-state index in [0.29, 0.717) is 23.9 Å². The van der Waals surface area contributed by atoms with Crippen LogP contribution in [0.1, 0.15) is 19.0 Å². The Hall–Kier alpha value is -1.79. The van der Waals surface area contributed by atoms with Crippen molar-refractivity contribution in [1.82, 2.24) is 15.1 Å². The fraction of sp³-hybridized carbons (Fsp3) is 0.571. The zero-order valence-corrected chi connectivity index (χ0v) is 8.36. The highest BCUT2D eigenvalue weighted by Crippen LogP contribution is 2.04. The molecule has 0 fully saturated rings. The van der Waals surface area contributed by atoms with E-state index in [9.17, 15) is 0 Å². The van der Waals surface area contributed by atoms with Crippen molar-refractivity contribution in [2.24, 2.45) is 10.7 Å². The highest BCUT2D eigenvalue weighted by Gasteiger charge is 2.11. The number of aromatic nitrogens is 3. The second-order valence-electron chi connectivity index (χ2n) is 2.73. The van der Waals surface area contributed by atoms with E-state index in [1.165, 1.54) is 4.79 Å². The molecule has 1 heterocycles. The van der Waals surface area contributed by atoms with Crippen molar-refractivity contribution in [3.8, 4) is 0 Å². The van der Waals surface area contributed by atoms with Crippen LogP contribution in [0.25, 0.3) is 0 Å². The maximum absolute atomic E-state index is 5.70. The first-order chi connectivity index (χ1) is 6.70. The predicted octanol–water partition coefficient (Wildman–Crippen LogP) is -0.851. The number of nitrogens with one attached hydrogen (secondary N) is 1. The number of rotatable bonds is 4. The van der Waals surface area contributed by atoms with Gasteiger partial charge in [0.15, 0.2) is 17.3 Å². The number of nitrogens with two attached hydrogens (primary N) is 2. The first-order valence-electron chi connectivity index (χ1n) is 4.40. The fourth-order valence-electron chi connectivity index (χ4n) is 0.944. The van der Waals surface area contributed by atoms with Gasteiger partial charge in [-0.15, -0.1) is 9.89 Å². The summed E-state index contributed by atoms with van der Waals surface area (Å²) in [6.45, 7) is 2.68. The molecule has 0 spiro atoms. The SMILES string of the molecule is CCCN=C(N)c1nnn(NC)c1N. The van der Waals surface area contributed by atoms with E-state index in [2.05, 4.69) is 20.7 Å². The molecule has 0 amide bonds. The highest BCUT2D eigenvalue weighted by molar-refractivity contribution is 5.99. The number of hydrogen-bond acceptors (Lipinski definition) is 5. The highest BCUT2D eigenvalue weighted by atomic mass is 15.6. The first-order valence-corrected chi connectivity index (χ1v) is 4.40. The third kappa shape index (κ3) is 1.93. The van der Waals surface area contributed by atoms with Crippen molar-refractivity contribution >= 4 is 11.7 Å². The summed E-state index contributed by atoms with van der Waals surface area (Å²) in [6, 6.07) is 0. The molecule has 0 radical (unpaired) electrons. The van der Waals surface area contributed by atoms with Crippen molar-refractivity contribution in [2.75, 3.05) is 24.8 Å². The van der Waals surface area contributed by atoms with E-state index >= 15 is 0 Å². The smallest absolute Gasteiger partial charge is 0.176 e. The molecule has 0 aliphatic carbocycles. The lowest BCUT2D eigenvalue weighted by Gasteiger charge is -2.00. The number of aliphatic imine (C=N–C) groups is 1. The maximum atomic E-state index is 5.70. The van der Waals surface area contributed by atoms with Crippen LogP contribution in [0, 0.1) is 0 Å². The van der Waals surface area contributed by atoms with Crippen LogP contribution in [0.3, 0.4) is 0 Å². The van der Waals surface area contributed by atoms with Crippen LogP contribution in [-0.2, 0) is 0 Å². The van der Waals surface area contributed by atoms with Gasteiger partial charge in [0.25, 0.3) is 0 Å². The van der Waals surface area contributed by atoms with Crippen LogP contribution in [-0.4, -0.2) is 34.5 Å². The number of hydrogen-bond donors (Lipinski definition) is 3. The predicted molar refractivity (Wildman–Crippen MR) is 55.6 cm³/mol. The Bertz CT molecular complexity index is 327. The average Bonchev–Trinajstić information content (AvgIpc) is 2.56. The third-order valence-electron chi connectivity index (χ3n) is 1.67. The third-order valence-corrected chi connectivity index (χ3v) is 1.67. The Balaban J connectivity index is 2.90. The van der Waals surface area contributed by atoms with Crippen LogP contribution >= 0.6 is 0 Å². The van der Waals surface area contributed by atoms with E-state index < -0.39 is 0 Å². The number of nitrogen functional groups attached to an aromatic ring is 1. The van der Waals surface area contributed by atoms with Gasteiger partial charge in [-0.3, -0.25) is 4.99 Å². The summed E-state index contributed by atoms with van der Waals surface area (Å²) in [5.41, 5.74) is 14.5. The number of amidine groups is 1. The first kappa shape index (κ1) is 10.3. The Morgan fingerprint density at radius 2 is 2.36 bits per heavy atom. The Labute approximate surface area is 82.1 Å².